The fourth-order valence-corrected chi connectivity index (χ4v) is 3.00. The molecule has 2 N–H and O–H groups in total. The second kappa shape index (κ2) is 10.5. The number of amides is 1. The first-order valence-electron chi connectivity index (χ1n) is 9.16. The Morgan fingerprint density at radius 3 is 2.54 bits per heavy atom. The van der Waals surface area contributed by atoms with Crippen LogP contribution in [0, 0.1) is 5.92 Å². The monoisotopic (exact) mass is 339 g/mol. The van der Waals surface area contributed by atoms with Gasteiger partial charge in [-0.05, 0) is 18.8 Å². The van der Waals surface area contributed by atoms with E-state index in [-0.39, 0.29) is 5.91 Å². The Balaban J connectivity index is 1.60. The normalized spacial score (nSPS) is 19.4. The summed E-state index contributed by atoms with van der Waals surface area (Å²) in [7, 11) is 3.48. The van der Waals surface area contributed by atoms with Gasteiger partial charge in [-0.15, -0.1) is 0 Å². The number of rotatable bonds is 9. The summed E-state index contributed by atoms with van der Waals surface area (Å²) < 4.78 is 4.94. The lowest BCUT2D eigenvalue weighted by atomic mass is 10.2. The van der Waals surface area contributed by atoms with Crippen LogP contribution in [-0.4, -0.2) is 88.2 Å². The van der Waals surface area contributed by atoms with Crippen molar-refractivity contribution in [3.63, 3.8) is 0 Å². The van der Waals surface area contributed by atoms with Gasteiger partial charge in [0.1, 0.15) is 0 Å². The highest BCUT2D eigenvalue weighted by molar-refractivity contribution is 5.80. The van der Waals surface area contributed by atoms with Crippen LogP contribution in [0.15, 0.2) is 4.99 Å². The third-order valence-electron chi connectivity index (χ3n) is 4.65. The summed E-state index contributed by atoms with van der Waals surface area (Å²) in [5, 5.41) is 6.35. The lowest BCUT2D eigenvalue weighted by Gasteiger charge is -2.36. The van der Waals surface area contributed by atoms with Crippen molar-refractivity contribution >= 4 is 11.9 Å². The van der Waals surface area contributed by atoms with Gasteiger partial charge in [-0.25, -0.2) is 0 Å². The second-order valence-corrected chi connectivity index (χ2v) is 6.67. The first kappa shape index (κ1) is 19.0. The van der Waals surface area contributed by atoms with E-state index >= 15 is 0 Å². The van der Waals surface area contributed by atoms with E-state index in [0.29, 0.717) is 19.7 Å². The molecule has 0 aromatic carbocycles. The molecule has 0 aromatic heterocycles. The Hall–Kier alpha value is -1.34. The lowest BCUT2D eigenvalue weighted by Crippen LogP contribution is -2.54. The molecule has 1 amide bonds. The number of guanidine groups is 1. The number of carbonyl (C=O) groups is 1. The minimum atomic E-state index is 0.0723. The molecule has 0 unspecified atom stereocenters. The number of piperazine rings is 1. The largest absolute Gasteiger partial charge is 0.383 e. The van der Waals surface area contributed by atoms with Gasteiger partial charge >= 0.3 is 0 Å². The summed E-state index contributed by atoms with van der Waals surface area (Å²) in [5.74, 6) is 2.06. The standard InChI is InChI=1S/C17H33N5O2/c1-18-17(20-7-3-4-15-5-6-15)22-11-9-21(10-12-22)14-16(23)19-8-13-24-2/h15H,3-14H2,1-2H3,(H,18,20)(H,19,23). The molecule has 1 aliphatic carbocycles. The van der Waals surface area contributed by atoms with Gasteiger partial charge in [-0.1, -0.05) is 12.8 Å². The van der Waals surface area contributed by atoms with Gasteiger partial charge in [-0.2, -0.15) is 0 Å². The van der Waals surface area contributed by atoms with E-state index in [4.69, 9.17) is 4.74 Å². The molecule has 1 heterocycles. The van der Waals surface area contributed by atoms with Crippen LogP contribution in [0.3, 0.4) is 0 Å². The first-order chi connectivity index (χ1) is 11.7. The molecule has 0 atom stereocenters. The Morgan fingerprint density at radius 2 is 1.92 bits per heavy atom. The quantitative estimate of drug-likeness (QED) is 0.355. The van der Waals surface area contributed by atoms with Gasteiger partial charge in [0, 0.05) is 53.4 Å². The van der Waals surface area contributed by atoms with Crippen LogP contribution < -0.4 is 10.6 Å². The second-order valence-electron chi connectivity index (χ2n) is 6.67. The molecule has 0 bridgehead atoms. The Morgan fingerprint density at radius 1 is 1.17 bits per heavy atom. The summed E-state index contributed by atoms with van der Waals surface area (Å²) in [6.07, 6.45) is 5.42. The summed E-state index contributed by atoms with van der Waals surface area (Å²) in [6, 6.07) is 0. The van der Waals surface area contributed by atoms with E-state index in [2.05, 4.69) is 25.4 Å². The molecular weight excluding hydrogens is 306 g/mol. The summed E-state index contributed by atoms with van der Waals surface area (Å²) in [6.45, 7) is 6.20. The number of ether oxygens (including phenoxy) is 1. The van der Waals surface area contributed by atoms with Crippen molar-refractivity contribution in [2.24, 2.45) is 10.9 Å². The zero-order chi connectivity index (χ0) is 17.2. The van der Waals surface area contributed by atoms with Crippen LogP contribution in [0.2, 0.25) is 0 Å². The number of carbonyl (C=O) groups excluding carboxylic acids is 1. The van der Waals surface area contributed by atoms with Crippen LogP contribution in [-0.2, 0) is 9.53 Å². The molecule has 2 rings (SSSR count). The molecule has 7 heteroatoms. The maximum atomic E-state index is 11.8. The van der Waals surface area contributed by atoms with Crippen LogP contribution in [0.4, 0.5) is 0 Å². The summed E-state index contributed by atoms with van der Waals surface area (Å²) >= 11 is 0. The van der Waals surface area contributed by atoms with Crippen molar-refractivity contribution in [1.29, 1.82) is 0 Å². The van der Waals surface area contributed by atoms with Crippen LogP contribution in [0.25, 0.3) is 0 Å². The Bertz CT molecular complexity index is 404. The van der Waals surface area contributed by atoms with E-state index in [1.54, 1.807) is 7.11 Å². The molecular formula is C17H33N5O2. The number of hydrogen-bond donors (Lipinski definition) is 2. The Kier molecular flexibility index (Phi) is 8.32. The van der Waals surface area contributed by atoms with E-state index in [9.17, 15) is 4.79 Å². The van der Waals surface area contributed by atoms with Crippen molar-refractivity contribution in [3.05, 3.63) is 0 Å². The molecule has 0 radical (unpaired) electrons. The minimum Gasteiger partial charge on any atom is -0.383 e. The Labute approximate surface area is 145 Å². The van der Waals surface area contributed by atoms with Crippen LogP contribution in [0.1, 0.15) is 25.7 Å². The molecule has 24 heavy (non-hydrogen) atoms. The molecule has 1 saturated heterocycles. The highest BCUT2D eigenvalue weighted by atomic mass is 16.5. The molecule has 138 valence electrons. The minimum absolute atomic E-state index is 0.0723. The predicted octanol–water partition coefficient (Wildman–Crippen LogP) is 0.132. The number of hydrogen-bond acceptors (Lipinski definition) is 4. The maximum Gasteiger partial charge on any atom is 0.234 e. The van der Waals surface area contributed by atoms with E-state index in [1.807, 2.05) is 7.05 Å². The van der Waals surface area contributed by atoms with E-state index < -0.39 is 0 Å². The summed E-state index contributed by atoms with van der Waals surface area (Å²) in [5.41, 5.74) is 0. The first-order valence-corrected chi connectivity index (χ1v) is 9.16. The van der Waals surface area contributed by atoms with Gasteiger partial charge in [0.15, 0.2) is 5.96 Å². The average molecular weight is 339 g/mol. The molecule has 1 saturated carbocycles. The molecule has 0 aromatic rings. The van der Waals surface area contributed by atoms with Crippen LogP contribution >= 0.6 is 0 Å². The fourth-order valence-electron chi connectivity index (χ4n) is 3.00. The zero-order valence-electron chi connectivity index (χ0n) is 15.2. The van der Waals surface area contributed by atoms with Gasteiger partial charge in [0.05, 0.1) is 13.2 Å². The highest BCUT2D eigenvalue weighted by Crippen LogP contribution is 2.33. The van der Waals surface area contributed by atoms with Crippen molar-refractivity contribution in [1.82, 2.24) is 20.4 Å². The third kappa shape index (κ3) is 7.05. The number of nitrogens with zero attached hydrogens (tertiary/aromatic N) is 3. The average Bonchev–Trinajstić information content (AvgIpc) is 3.40. The number of nitrogens with one attached hydrogen (secondary N) is 2. The maximum absolute atomic E-state index is 11.8. The smallest absolute Gasteiger partial charge is 0.234 e. The topological polar surface area (TPSA) is 69.2 Å². The van der Waals surface area contributed by atoms with Crippen molar-refractivity contribution in [3.8, 4) is 0 Å². The van der Waals surface area contributed by atoms with Gasteiger partial charge in [0.2, 0.25) is 5.91 Å². The molecule has 2 fully saturated rings. The fraction of sp³-hybridized carbons (Fsp3) is 0.882. The number of aliphatic imine (C=N–C) groups is 1. The van der Waals surface area contributed by atoms with Crippen molar-refractivity contribution < 1.29 is 9.53 Å². The molecule has 0 spiro atoms. The SMILES string of the molecule is CN=C(NCCCC1CC1)N1CCN(CC(=O)NCCOC)CC1. The van der Waals surface area contributed by atoms with Gasteiger partial charge < -0.3 is 20.3 Å². The van der Waals surface area contributed by atoms with E-state index in [1.165, 1.54) is 25.7 Å². The highest BCUT2D eigenvalue weighted by Gasteiger charge is 2.22. The van der Waals surface area contributed by atoms with Crippen molar-refractivity contribution in [2.75, 3.05) is 66.6 Å². The van der Waals surface area contributed by atoms with Gasteiger partial charge in [0.25, 0.3) is 0 Å². The molecule has 1 aliphatic heterocycles. The predicted molar refractivity (Wildman–Crippen MR) is 96.2 cm³/mol. The molecule has 2 aliphatic rings. The molecule has 7 nitrogen and oxygen atoms in total. The van der Waals surface area contributed by atoms with Gasteiger partial charge in [-0.3, -0.25) is 14.7 Å². The van der Waals surface area contributed by atoms with Crippen molar-refractivity contribution in [2.45, 2.75) is 25.7 Å². The van der Waals surface area contributed by atoms with Crippen LogP contribution in [0.5, 0.6) is 0 Å². The third-order valence-corrected chi connectivity index (χ3v) is 4.65. The lowest BCUT2D eigenvalue weighted by molar-refractivity contribution is -0.122. The number of methoxy groups -OCH3 is 1. The summed E-state index contributed by atoms with van der Waals surface area (Å²) in [4.78, 5) is 20.7. The van der Waals surface area contributed by atoms with E-state index in [0.717, 1.165) is 44.6 Å². The zero-order valence-corrected chi connectivity index (χ0v) is 15.2.